The Hall–Kier alpha value is -2.56. The minimum absolute atomic E-state index is 0.598. The number of furan rings is 1. The smallest absolute Gasteiger partial charge is 0.231 e. The number of aryl methyl sites for hydroxylation is 2. The molecule has 0 aliphatic rings. The van der Waals surface area contributed by atoms with E-state index in [1.165, 1.54) is 6.33 Å². The molecule has 0 saturated heterocycles. The molecule has 0 atom stereocenters. The number of benzene rings is 1. The summed E-state index contributed by atoms with van der Waals surface area (Å²) in [6, 6.07) is 7.69. The van der Waals surface area contributed by atoms with E-state index in [2.05, 4.69) is 15.3 Å². The first-order valence-electron chi connectivity index (χ1n) is 6.31. The van der Waals surface area contributed by atoms with Gasteiger partial charge >= 0.3 is 0 Å². The van der Waals surface area contributed by atoms with Crippen LogP contribution in [-0.4, -0.2) is 17.1 Å². The SMILES string of the molecule is COc1cccc(Nc2ncnc3oc(C)c(C)c23)c1. The summed E-state index contributed by atoms with van der Waals surface area (Å²) in [6.45, 7) is 3.92. The summed E-state index contributed by atoms with van der Waals surface area (Å²) in [4.78, 5) is 8.47. The van der Waals surface area contributed by atoms with E-state index in [1.807, 2.05) is 38.1 Å². The van der Waals surface area contributed by atoms with Crippen molar-refractivity contribution in [2.45, 2.75) is 13.8 Å². The Balaban J connectivity index is 2.06. The van der Waals surface area contributed by atoms with Crippen molar-refractivity contribution in [1.82, 2.24) is 9.97 Å². The highest BCUT2D eigenvalue weighted by Crippen LogP contribution is 2.30. The molecule has 0 aliphatic carbocycles. The molecule has 20 heavy (non-hydrogen) atoms. The van der Waals surface area contributed by atoms with E-state index < -0.39 is 0 Å². The molecule has 0 radical (unpaired) electrons. The van der Waals surface area contributed by atoms with Crippen molar-refractivity contribution in [2.24, 2.45) is 0 Å². The van der Waals surface area contributed by atoms with Gasteiger partial charge in [-0.15, -0.1) is 0 Å². The molecule has 3 rings (SSSR count). The summed E-state index contributed by atoms with van der Waals surface area (Å²) >= 11 is 0. The number of nitrogens with zero attached hydrogens (tertiary/aromatic N) is 2. The van der Waals surface area contributed by atoms with Gasteiger partial charge in [0.2, 0.25) is 5.71 Å². The Morgan fingerprint density at radius 1 is 1.20 bits per heavy atom. The molecule has 0 aliphatic heterocycles. The van der Waals surface area contributed by atoms with Gasteiger partial charge in [0, 0.05) is 17.3 Å². The van der Waals surface area contributed by atoms with Crippen molar-refractivity contribution in [3.63, 3.8) is 0 Å². The molecular formula is C15H15N3O2. The molecule has 2 aromatic heterocycles. The first kappa shape index (κ1) is 12.5. The molecule has 2 heterocycles. The summed E-state index contributed by atoms with van der Waals surface area (Å²) in [5.74, 6) is 2.38. The zero-order chi connectivity index (χ0) is 14.1. The van der Waals surface area contributed by atoms with Crippen LogP contribution in [0.3, 0.4) is 0 Å². The fourth-order valence-corrected chi connectivity index (χ4v) is 2.11. The van der Waals surface area contributed by atoms with Crippen LogP contribution in [0.4, 0.5) is 11.5 Å². The van der Waals surface area contributed by atoms with Crippen LogP contribution in [0.15, 0.2) is 35.0 Å². The number of nitrogens with one attached hydrogen (secondary N) is 1. The maximum atomic E-state index is 5.61. The predicted octanol–water partition coefficient (Wildman–Crippen LogP) is 3.59. The zero-order valence-corrected chi connectivity index (χ0v) is 11.6. The quantitative estimate of drug-likeness (QED) is 0.787. The van der Waals surface area contributed by atoms with Crippen molar-refractivity contribution < 1.29 is 9.15 Å². The summed E-state index contributed by atoms with van der Waals surface area (Å²) in [7, 11) is 1.64. The molecule has 0 saturated carbocycles. The van der Waals surface area contributed by atoms with Crippen LogP contribution >= 0.6 is 0 Å². The molecule has 102 valence electrons. The third kappa shape index (κ3) is 2.07. The Morgan fingerprint density at radius 3 is 2.85 bits per heavy atom. The van der Waals surface area contributed by atoms with Crippen molar-refractivity contribution in [3.05, 3.63) is 41.9 Å². The third-order valence-corrected chi connectivity index (χ3v) is 3.30. The Kier molecular flexibility index (Phi) is 3.02. The normalized spacial score (nSPS) is 10.8. The van der Waals surface area contributed by atoms with Gasteiger partial charge in [-0.25, -0.2) is 9.97 Å². The minimum atomic E-state index is 0.598. The van der Waals surface area contributed by atoms with Gasteiger partial charge in [-0.05, 0) is 26.0 Å². The summed E-state index contributed by atoms with van der Waals surface area (Å²) in [5.41, 5.74) is 2.55. The van der Waals surface area contributed by atoms with Gasteiger partial charge in [0.1, 0.15) is 23.7 Å². The number of methoxy groups -OCH3 is 1. The summed E-state index contributed by atoms with van der Waals surface area (Å²) in [5, 5.41) is 4.19. The molecule has 0 unspecified atom stereocenters. The van der Waals surface area contributed by atoms with Crippen LogP contribution in [0.5, 0.6) is 5.75 Å². The van der Waals surface area contributed by atoms with Crippen LogP contribution < -0.4 is 10.1 Å². The molecule has 1 N–H and O–H groups in total. The van der Waals surface area contributed by atoms with Gasteiger partial charge in [-0.1, -0.05) is 6.07 Å². The second-order valence-corrected chi connectivity index (χ2v) is 4.54. The molecule has 1 aromatic carbocycles. The molecule has 0 amide bonds. The van der Waals surface area contributed by atoms with Crippen LogP contribution in [-0.2, 0) is 0 Å². The average Bonchev–Trinajstić information content (AvgIpc) is 2.75. The lowest BCUT2D eigenvalue weighted by Gasteiger charge is -2.08. The van der Waals surface area contributed by atoms with Gasteiger partial charge in [0.15, 0.2) is 0 Å². The number of fused-ring (bicyclic) bond motifs is 1. The lowest BCUT2D eigenvalue weighted by atomic mass is 10.2. The highest BCUT2D eigenvalue weighted by atomic mass is 16.5. The molecule has 5 heteroatoms. The first-order chi connectivity index (χ1) is 9.69. The van der Waals surface area contributed by atoms with Gasteiger partial charge in [-0.2, -0.15) is 0 Å². The van der Waals surface area contributed by atoms with E-state index in [0.29, 0.717) is 5.71 Å². The third-order valence-electron chi connectivity index (χ3n) is 3.30. The van der Waals surface area contributed by atoms with Crippen LogP contribution in [0.25, 0.3) is 11.1 Å². The number of hydrogen-bond acceptors (Lipinski definition) is 5. The van der Waals surface area contributed by atoms with Crippen LogP contribution in [0, 0.1) is 13.8 Å². The van der Waals surface area contributed by atoms with E-state index >= 15 is 0 Å². The number of aromatic nitrogens is 2. The number of hydrogen-bond donors (Lipinski definition) is 1. The molecule has 0 bridgehead atoms. The Bertz CT molecular complexity index is 765. The van der Waals surface area contributed by atoms with Gasteiger partial charge in [0.05, 0.1) is 12.5 Å². The van der Waals surface area contributed by atoms with E-state index in [9.17, 15) is 0 Å². The van der Waals surface area contributed by atoms with Gasteiger partial charge in [0.25, 0.3) is 0 Å². The number of rotatable bonds is 3. The lowest BCUT2D eigenvalue weighted by Crippen LogP contribution is -1.96. The monoisotopic (exact) mass is 269 g/mol. The Morgan fingerprint density at radius 2 is 2.05 bits per heavy atom. The largest absolute Gasteiger partial charge is 0.497 e. The second-order valence-electron chi connectivity index (χ2n) is 4.54. The van der Waals surface area contributed by atoms with Crippen molar-refractivity contribution in [1.29, 1.82) is 0 Å². The maximum absolute atomic E-state index is 5.61. The fourth-order valence-electron chi connectivity index (χ4n) is 2.11. The minimum Gasteiger partial charge on any atom is -0.497 e. The van der Waals surface area contributed by atoms with Crippen molar-refractivity contribution in [3.8, 4) is 5.75 Å². The molecule has 0 fully saturated rings. The number of anilines is 2. The van der Waals surface area contributed by atoms with Gasteiger partial charge < -0.3 is 14.5 Å². The second kappa shape index (κ2) is 4.85. The highest BCUT2D eigenvalue weighted by molar-refractivity contribution is 5.91. The Labute approximate surface area is 116 Å². The van der Waals surface area contributed by atoms with E-state index in [0.717, 1.165) is 34.0 Å². The molecule has 5 nitrogen and oxygen atoms in total. The van der Waals surface area contributed by atoms with Crippen LogP contribution in [0.2, 0.25) is 0 Å². The number of ether oxygens (including phenoxy) is 1. The van der Waals surface area contributed by atoms with E-state index in [1.54, 1.807) is 7.11 Å². The van der Waals surface area contributed by atoms with E-state index in [-0.39, 0.29) is 0 Å². The average molecular weight is 269 g/mol. The summed E-state index contributed by atoms with van der Waals surface area (Å²) < 4.78 is 10.8. The molecular weight excluding hydrogens is 254 g/mol. The van der Waals surface area contributed by atoms with Crippen LogP contribution in [0.1, 0.15) is 11.3 Å². The molecule has 0 spiro atoms. The zero-order valence-electron chi connectivity index (χ0n) is 11.6. The van der Waals surface area contributed by atoms with Gasteiger partial charge in [-0.3, -0.25) is 0 Å². The maximum Gasteiger partial charge on any atom is 0.231 e. The lowest BCUT2D eigenvalue weighted by molar-refractivity contribution is 0.415. The summed E-state index contributed by atoms with van der Waals surface area (Å²) in [6.07, 6.45) is 1.49. The topological polar surface area (TPSA) is 60.2 Å². The predicted molar refractivity (Wildman–Crippen MR) is 77.6 cm³/mol. The highest BCUT2D eigenvalue weighted by Gasteiger charge is 2.13. The molecule has 3 aromatic rings. The van der Waals surface area contributed by atoms with Crippen molar-refractivity contribution >= 4 is 22.6 Å². The fraction of sp³-hybridized carbons (Fsp3) is 0.200. The first-order valence-corrected chi connectivity index (χ1v) is 6.31. The van der Waals surface area contributed by atoms with Crippen molar-refractivity contribution in [2.75, 3.05) is 12.4 Å². The standard InChI is InChI=1S/C15H15N3O2/c1-9-10(2)20-15-13(9)14(16-8-17-15)18-11-5-4-6-12(7-11)19-3/h4-8H,1-3H3,(H,16,17,18). The van der Waals surface area contributed by atoms with E-state index in [4.69, 9.17) is 9.15 Å².